The summed E-state index contributed by atoms with van der Waals surface area (Å²) in [5, 5.41) is 0. The van der Waals surface area contributed by atoms with Gasteiger partial charge in [0.15, 0.2) is 11.5 Å². The van der Waals surface area contributed by atoms with Crippen molar-refractivity contribution in [1.82, 2.24) is 0 Å². The first-order valence-electron chi connectivity index (χ1n) is 9.09. The van der Waals surface area contributed by atoms with E-state index >= 15 is 0 Å². The zero-order valence-electron chi connectivity index (χ0n) is 16.1. The smallest absolute Gasteiger partial charge is 0.337 e. The lowest BCUT2D eigenvalue weighted by atomic mass is 9.92. The van der Waals surface area contributed by atoms with Gasteiger partial charge in [0.05, 0.1) is 26.4 Å². The maximum atomic E-state index is 11.6. The van der Waals surface area contributed by atoms with Crippen LogP contribution in [0.1, 0.15) is 60.5 Å². The summed E-state index contributed by atoms with van der Waals surface area (Å²) in [7, 11) is 3.05. The minimum atomic E-state index is -0.324. The van der Waals surface area contributed by atoms with Crippen LogP contribution in [0.5, 0.6) is 11.5 Å². The lowest BCUT2D eigenvalue weighted by Crippen LogP contribution is -2.03. The highest BCUT2D eigenvalue weighted by atomic mass is 16.5. The van der Waals surface area contributed by atoms with Gasteiger partial charge in [-0.25, -0.2) is 4.79 Å². The van der Waals surface area contributed by atoms with Crippen LogP contribution in [0.2, 0.25) is 0 Å². The molecule has 1 atom stereocenters. The summed E-state index contributed by atoms with van der Waals surface area (Å²) in [5.74, 6) is 1.37. The summed E-state index contributed by atoms with van der Waals surface area (Å²) in [5.41, 5.74) is 2.81. The summed E-state index contributed by atoms with van der Waals surface area (Å²) in [6, 6.07) is 13.6. The SMILES string of the molecule is CCCCCOc1ccc(C(C)c2ccc(C(=O)OC)cc2)cc1OC. The van der Waals surface area contributed by atoms with E-state index < -0.39 is 0 Å². The molecule has 0 aliphatic carbocycles. The van der Waals surface area contributed by atoms with E-state index in [4.69, 9.17) is 14.2 Å². The van der Waals surface area contributed by atoms with Crippen LogP contribution < -0.4 is 9.47 Å². The molecule has 0 fully saturated rings. The molecule has 2 aromatic carbocycles. The number of hydrogen-bond acceptors (Lipinski definition) is 4. The molecule has 0 bridgehead atoms. The van der Waals surface area contributed by atoms with Gasteiger partial charge in [0.1, 0.15) is 0 Å². The molecule has 0 aromatic heterocycles. The lowest BCUT2D eigenvalue weighted by molar-refractivity contribution is 0.0600. The van der Waals surface area contributed by atoms with Crippen molar-refractivity contribution in [2.24, 2.45) is 0 Å². The summed E-state index contributed by atoms with van der Waals surface area (Å²) in [6.45, 7) is 5.01. The molecule has 0 saturated heterocycles. The monoisotopic (exact) mass is 356 g/mol. The zero-order valence-corrected chi connectivity index (χ0v) is 16.1. The average molecular weight is 356 g/mol. The first-order chi connectivity index (χ1) is 12.6. The van der Waals surface area contributed by atoms with Crippen molar-refractivity contribution in [3.05, 3.63) is 59.2 Å². The summed E-state index contributed by atoms with van der Waals surface area (Å²) >= 11 is 0. The van der Waals surface area contributed by atoms with Gasteiger partial charge in [-0.2, -0.15) is 0 Å². The molecular weight excluding hydrogens is 328 g/mol. The highest BCUT2D eigenvalue weighted by Gasteiger charge is 2.13. The molecule has 0 N–H and O–H groups in total. The molecule has 0 radical (unpaired) electrons. The molecule has 140 valence electrons. The number of methoxy groups -OCH3 is 2. The van der Waals surface area contributed by atoms with Crippen molar-refractivity contribution in [2.45, 2.75) is 39.0 Å². The quantitative estimate of drug-likeness (QED) is 0.457. The van der Waals surface area contributed by atoms with E-state index in [1.165, 1.54) is 20.0 Å². The van der Waals surface area contributed by atoms with Gasteiger partial charge in [-0.15, -0.1) is 0 Å². The fourth-order valence-corrected chi connectivity index (χ4v) is 2.83. The number of carbonyl (C=O) groups excluding carboxylic acids is 1. The van der Waals surface area contributed by atoms with Crippen molar-refractivity contribution in [1.29, 1.82) is 0 Å². The zero-order chi connectivity index (χ0) is 18.9. The molecule has 0 saturated carbocycles. The normalized spacial score (nSPS) is 11.7. The van der Waals surface area contributed by atoms with Gasteiger partial charge in [0.2, 0.25) is 0 Å². The third kappa shape index (κ3) is 5.01. The number of hydrogen-bond donors (Lipinski definition) is 0. The Morgan fingerprint density at radius 3 is 2.27 bits per heavy atom. The number of ether oxygens (including phenoxy) is 3. The second-order valence-electron chi connectivity index (χ2n) is 6.30. The molecule has 2 aromatic rings. The largest absolute Gasteiger partial charge is 0.493 e. The minimum Gasteiger partial charge on any atom is -0.493 e. The first-order valence-corrected chi connectivity index (χ1v) is 9.09. The molecule has 1 unspecified atom stereocenters. The highest BCUT2D eigenvalue weighted by molar-refractivity contribution is 5.89. The van der Waals surface area contributed by atoms with Gasteiger partial charge >= 0.3 is 5.97 Å². The molecule has 0 amide bonds. The predicted octanol–water partition coefficient (Wildman–Crippen LogP) is 5.20. The fourth-order valence-electron chi connectivity index (χ4n) is 2.83. The van der Waals surface area contributed by atoms with E-state index in [0.717, 1.165) is 29.0 Å². The van der Waals surface area contributed by atoms with E-state index in [2.05, 4.69) is 19.9 Å². The Hall–Kier alpha value is -2.49. The predicted molar refractivity (Wildman–Crippen MR) is 103 cm³/mol. The van der Waals surface area contributed by atoms with Crippen LogP contribution in [0.3, 0.4) is 0 Å². The Labute approximate surface area is 156 Å². The molecule has 2 rings (SSSR count). The molecule has 4 heteroatoms. The summed E-state index contributed by atoms with van der Waals surface area (Å²) < 4.78 is 16.1. The lowest BCUT2D eigenvalue weighted by Gasteiger charge is -2.16. The van der Waals surface area contributed by atoms with E-state index in [1.54, 1.807) is 19.2 Å². The molecule has 26 heavy (non-hydrogen) atoms. The van der Waals surface area contributed by atoms with Crippen molar-refractivity contribution >= 4 is 5.97 Å². The van der Waals surface area contributed by atoms with Crippen LogP contribution in [0.25, 0.3) is 0 Å². The Morgan fingerprint density at radius 2 is 1.65 bits per heavy atom. The Balaban J connectivity index is 2.13. The number of esters is 1. The van der Waals surface area contributed by atoms with Gasteiger partial charge < -0.3 is 14.2 Å². The van der Waals surface area contributed by atoms with Crippen LogP contribution in [0.4, 0.5) is 0 Å². The van der Waals surface area contributed by atoms with Gasteiger partial charge in [-0.3, -0.25) is 0 Å². The maximum absolute atomic E-state index is 11.6. The van der Waals surface area contributed by atoms with E-state index in [1.807, 2.05) is 24.3 Å². The molecule has 4 nitrogen and oxygen atoms in total. The van der Waals surface area contributed by atoms with E-state index in [-0.39, 0.29) is 11.9 Å². The Kier molecular flexibility index (Phi) is 7.52. The topological polar surface area (TPSA) is 44.8 Å². The summed E-state index contributed by atoms with van der Waals surface area (Å²) in [4.78, 5) is 11.6. The van der Waals surface area contributed by atoms with Crippen molar-refractivity contribution in [3.63, 3.8) is 0 Å². The molecular formula is C22H28O4. The van der Waals surface area contributed by atoms with Crippen LogP contribution in [-0.4, -0.2) is 26.8 Å². The number of unbranched alkanes of at least 4 members (excludes halogenated alkanes) is 2. The van der Waals surface area contributed by atoms with Crippen LogP contribution >= 0.6 is 0 Å². The van der Waals surface area contributed by atoms with Gasteiger partial charge in [-0.1, -0.05) is 44.9 Å². The Morgan fingerprint density at radius 1 is 0.962 bits per heavy atom. The summed E-state index contributed by atoms with van der Waals surface area (Å²) in [6.07, 6.45) is 3.38. The molecule has 0 aliphatic heterocycles. The highest BCUT2D eigenvalue weighted by Crippen LogP contribution is 2.33. The van der Waals surface area contributed by atoms with Gasteiger partial charge in [0.25, 0.3) is 0 Å². The van der Waals surface area contributed by atoms with Crippen LogP contribution in [0.15, 0.2) is 42.5 Å². The standard InChI is InChI=1S/C22H28O4/c1-5-6-7-14-26-20-13-12-19(15-21(20)24-3)16(2)17-8-10-18(11-9-17)22(23)25-4/h8-13,15-16H,5-7,14H2,1-4H3. The average Bonchev–Trinajstić information content (AvgIpc) is 2.70. The number of carbonyl (C=O) groups is 1. The molecule has 0 heterocycles. The molecule has 0 spiro atoms. The second-order valence-corrected chi connectivity index (χ2v) is 6.30. The third-order valence-corrected chi connectivity index (χ3v) is 4.52. The third-order valence-electron chi connectivity index (χ3n) is 4.52. The minimum absolute atomic E-state index is 0.171. The second kappa shape index (κ2) is 9.85. The van der Waals surface area contributed by atoms with Crippen molar-refractivity contribution in [2.75, 3.05) is 20.8 Å². The number of benzene rings is 2. The fraction of sp³-hybridized carbons (Fsp3) is 0.409. The van der Waals surface area contributed by atoms with Gasteiger partial charge in [0, 0.05) is 5.92 Å². The van der Waals surface area contributed by atoms with Crippen LogP contribution in [0, 0.1) is 0 Å². The van der Waals surface area contributed by atoms with E-state index in [0.29, 0.717) is 12.2 Å². The van der Waals surface area contributed by atoms with Crippen LogP contribution in [-0.2, 0) is 4.74 Å². The van der Waals surface area contributed by atoms with Gasteiger partial charge in [-0.05, 0) is 41.8 Å². The van der Waals surface area contributed by atoms with Crippen molar-refractivity contribution < 1.29 is 19.0 Å². The Bertz CT molecular complexity index is 707. The molecule has 0 aliphatic rings. The number of rotatable bonds is 9. The maximum Gasteiger partial charge on any atom is 0.337 e. The van der Waals surface area contributed by atoms with Crippen molar-refractivity contribution in [3.8, 4) is 11.5 Å². The van der Waals surface area contributed by atoms with E-state index in [9.17, 15) is 4.79 Å². The first kappa shape index (κ1) is 19.8.